The molecule has 0 heterocycles. The summed E-state index contributed by atoms with van der Waals surface area (Å²) in [5, 5.41) is 5.84. The molecule has 2 amide bonds. The van der Waals surface area contributed by atoms with E-state index in [0.29, 0.717) is 35.7 Å². The number of rotatable bonds is 12. The molecule has 0 aromatic heterocycles. The van der Waals surface area contributed by atoms with Crippen molar-refractivity contribution in [3.8, 4) is 11.5 Å². The number of hydrogen-bond donors (Lipinski definition) is 2. The summed E-state index contributed by atoms with van der Waals surface area (Å²) in [5.74, 6) is 0.736. The maximum atomic E-state index is 12.5. The van der Waals surface area contributed by atoms with Crippen molar-refractivity contribution in [1.82, 2.24) is 15.5 Å². The van der Waals surface area contributed by atoms with Gasteiger partial charge in [0.1, 0.15) is 0 Å². The van der Waals surface area contributed by atoms with E-state index < -0.39 is 0 Å². The smallest absolute Gasteiger partial charge is 0.251 e. The van der Waals surface area contributed by atoms with Crippen LogP contribution >= 0.6 is 0 Å². The van der Waals surface area contributed by atoms with Gasteiger partial charge in [0.05, 0.1) is 14.2 Å². The lowest BCUT2D eigenvalue weighted by molar-refractivity contribution is 0.0945. The van der Waals surface area contributed by atoms with Crippen LogP contribution in [-0.2, 0) is 6.54 Å². The quantitative estimate of drug-likeness (QED) is 0.509. The van der Waals surface area contributed by atoms with Gasteiger partial charge in [-0.15, -0.1) is 0 Å². The van der Waals surface area contributed by atoms with Crippen molar-refractivity contribution in [2.75, 3.05) is 41.4 Å². The molecule has 31 heavy (non-hydrogen) atoms. The first-order valence-corrected chi connectivity index (χ1v) is 10.5. The second kappa shape index (κ2) is 12.6. The number of carbonyl (C=O) groups is 2. The molecule has 2 aromatic carbocycles. The van der Waals surface area contributed by atoms with Gasteiger partial charge >= 0.3 is 0 Å². The third-order valence-corrected chi connectivity index (χ3v) is 4.86. The van der Waals surface area contributed by atoms with E-state index in [1.54, 1.807) is 37.4 Å². The zero-order valence-corrected chi connectivity index (χ0v) is 18.9. The molecule has 0 fully saturated rings. The Kier molecular flexibility index (Phi) is 9.84. The van der Waals surface area contributed by atoms with Crippen LogP contribution in [0.25, 0.3) is 0 Å². The molecule has 7 nitrogen and oxygen atoms in total. The molecule has 2 rings (SSSR count). The van der Waals surface area contributed by atoms with Crippen molar-refractivity contribution in [3.05, 3.63) is 59.2 Å². The SMILES string of the molecule is COc1ccc(C(=O)NCc2cccc(C(=O)NCCCCCN(C)C)c2)cc1OC. The van der Waals surface area contributed by atoms with Crippen molar-refractivity contribution in [2.45, 2.75) is 25.8 Å². The van der Waals surface area contributed by atoms with E-state index in [4.69, 9.17) is 9.47 Å². The van der Waals surface area contributed by atoms with Gasteiger partial charge in [-0.1, -0.05) is 18.6 Å². The number of carbonyl (C=O) groups excluding carboxylic acids is 2. The number of benzene rings is 2. The van der Waals surface area contributed by atoms with Crippen LogP contribution in [0.2, 0.25) is 0 Å². The standard InChI is InChI=1S/C24H33N3O4/c1-27(2)14-7-5-6-13-25-23(28)19-10-8-9-18(15-19)17-26-24(29)20-11-12-21(30-3)22(16-20)31-4/h8-12,15-16H,5-7,13-14,17H2,1-4H3,(H,25,28)(H,26,29). The zero-order chi connectivity index (χ0) is 22.6. The first-order chi connectivity index (χ1) is 14.9. The van der Waals surface area contributed by atoms with Crippen LogP contribution in [0.1, 0.15) is 45.5 Å². The molecule has 0 aliphatic rings. The minimum Gasteiger partial charge on any atom is -0.493 e. The van der Waals surface area contributed by atoms with E-state index in [9.17, 15) is 9.59 Å². The van der Waals surface area contributed by atoms with Crippen molar-refractivity contribution in [1.29, 1.82) is 0 Å². The van der Waals surface area contributed by atoms with Gasteiger partial charge < -0.3 is 25.0 Å². The molecule has 7 heteroatoms. The van der Waals surface area contributed by atoms with Crippen LogP contribution < -0.4 is 20.1 Å². The van der Waals surface area contributed by atoms with E-state index in [0.717, 1.165) is 31.4 Å². The number of unbranched alkanes of at least 4 members (excludes halogenated alkanes) is 2. The van der Waals surface area contributed by atoms with E-state index in [1.807, 2.05) is 12.1 Å². The molecular formula is C24H33N3O4. The summed E-state index contributed by atoms with van der Waals surface area (Å²) in [7, 11) is 7.20. The molecule has 0 saturated heterocycles. The fourth-order valence-corrected chi connectivity index (χ4v) is 3.12. The molecule has 0 aliphatic carbocycles. The number of nitrogens with zero attached hydrogens (tertiary/aromatic N) is 1. The lowest BCUT2D eigenvalue weighted by atomic mass is 10.1. The lowest BCUT2D eigenvalue weighted by Crippen LogP contribution is -2.25. The Morgan fingerprint density at radius 2 is 1.55 bits per heavy atom. The number of ether oxygens (including phenoxy) is 2. The molecule has 2 N–H and O–H groups in total. The highest BCUT2D eigenvalue weighted by Gasteiger charge is 2.11. The molecular weight excluding hydrogens is 394 g/mol. The van der Waals surface area contributed by atoms with Crippen LogP contribution in [0, 0.1) is 0 Å². The van der Waals surface area contributed by atoms with Gasteiger partial charge in [-0.2, -0.15) is 0 Å². The maximum Gasteiger partial charge on any atom is 0.251 e. The highest BCUT2D eigenvalue weighted by atomic mass is 16.5. The summed E-state index contributed by atoms with van der Waals surface area (Å²) < 4.78 is 10.4. The van der Waals surface area contributed by atoms with Crippen LogP contribution in [0.4, 0.5) is 0 Å². The molecule has 0 aliphatic heterocycles. The number of amides is 2. The van der Waals surface area contributed by atoms with Gasteiger partial charge in [0.25, 0.3) is 11.8 Å². The molecule has 2 aromatic rings. The molecule has 0 bridgehead atoms. The minimum absolute atomic E-state index is 0.0966. The van der Waals surface area contributed by atoms with Gasteiger partial charge in [-0.3, -0.25) is 9.59 Å². The maximum absolute atomic E-state index is 12.5. The summed E-state index contributed by atoms with van der Waals surface area (Å²) in [6, 6.07) is 12.3. The number of nitrogens with one attached hydrogen (secondary N) is 2. The highest BCUT2D eigenvalue weighted by molar-refractivity contribution is 5.95. The first kappa shape index (κ1) is 24.2. The monoisotopic (exact) mass is 427 g/mol. The third-order valence-electron chi connectivity index (χ3n) is 4.86. The topological polar surface area (TPSA) is 79.9 Å². The summed E-state index contributed by atoms with van der Waals surface area (Å²) in [6.07, 6.45) is 3.17. The number of hydrogen-bond acceptors (Lipinski definition) is 5. The molecule has 168 valence electrons. The molecule has 0 atom stereocenters. The normalized spacial score (nSPS) is 10.6. The molecule has 0 saturated carbocycles. The molecule has 0 spiro atoms. The Bertz CT molecular complexity index is 868. The van der Waals surface area contributed by atoms with Crippen molar-refractivity contribution < 1.29 is 19.1 Å². The third kappa shape index (κ3) is 7.94. The fourth-order valence-electron chi connectivity index (χ4n) is 3.12. The second-order valence-electron chi connectivity index (χ2n) is 7.57. The van der Waals surface area contributed by atoms with Crippen molar-refractivity contribution >= 4 is 11.8 Å². The Morgan fingerprint density at radius 3 is 2.26 bits per heavy atom. The average molecular weight is 428 g/mol. The van der Waals surface area contributed by atoms with Crippen LogP contribution in [0.5, 0.6) is 11.5 Å². The second-order valence-corrected chi connectivity index (χ2v) is 7.57. The van der Waals surface area contributed by atoms with Crippen LogP contribution in [0.15, 0.2) is 42.5 Å². The number of methoxy groups -OCH3 is 2. The van der Waals surface area contributed by atoms with E-state index in [1.165, 1.54) is 7.11 Å². The summed E-state index contributed by atoms with van der Waals surface area (Å²) >= 11 is 0. The Morgan fingerprint density at radius 1 is 0.839 bits per heavy atom. The van der Waals surface area contributed by atoms with Crippen molar-refractivity contribution in [3.63, 3.8) is 0 Å². The van der Waals surface area contributed by atoms with Crippen LogP contribution in [0.3, 0.4) is 0 Å². The summed E-state index contributed by atoms with van der Waals surface area (Å²) in [4.78, 5) is 27.0. The van der Waals surface area contributed by atoms with Gasteiger partial charge in [0, 0.05) is 24.2 Å². The van der Waals surface area contributed by atoms with Gasteiger partial charge in [0.2, 0.25) is 0 Å². The Labute approximate surface area is 184 Å². The Hall–Kier alpha value is -3.06. The van der Waals surface area contributed by atoms with Gasteiger partial charge in [-0.05, 0) is 69.4 Å². The van der Waals surface area contributed by atoms with Gasteiger partial charge in [-0.25, -0.2) is 0 Å². The van der Waals surface area contributed by atoms with Crippen molar-refractivity contribution in [2.24, 2.45) is 0 Å². The largest absolute Gasteiger partial charge is 0.493 e. The zero-order valence-electron chi connectivity index (χ0n) is 18.9. The predicted octanol–water partition coefficient (Wildman–Crippen LogP) is 3.10. The minimum atomic E-state index is -0.228. The van der Waals surface area contributed by atoms with E-state index in [2.05, 4.69) is 29.6 Å². The molecule has 0 unspecified atom stereocenters. The Balaban J connectivity index is 1.85. The lowest BCUT2D eigenvalue weighted by Gasteiger charge is -2.11. The highest BCUT2D eigenvalue weighted by Crippen LogP contribution is 2.27. The molecule has 0 radical (unpaired) electrons. The summed E-state index contributed by atoms with van der Waals surface area (Å²) in [5.41, 5.74) is 1.92. The predicted molar refractivity (Wildman–Crippen MR) is 122 cm³/mol. The van der Waals surface area contributed by atoms with E-state index in [-0.39, 0.29) is 11.8 Å². The van der Waals surface area contributed by atoms with E-state index >= 15 is 0 Å². The first-order valence-electron chi connectivity index (χ1n) is 10.5. The summed E-state index contributed by atoms with van der Waals surface area (Å²) in [6.45, 7) is 2.04. The van der Waals surface area contributed by atoms with Crippen LogP contribution in [-0.4, -0.2) is 58.1 Å². The average Bonchev–Trinajstić information content (AvgIpc) is 2.79. The van der Waals surface area contributed by atoms with Gasteiger partial charge in [0.15, 0.2) is 11.5 Å². The fraction of sp³-hybridized carbons (Fsp3) is 0.417.